The number of carbonyl (C=O) groups excluding carboxylic acids is 2. The Labute approximate surface area is 161 Å². The fourth-order valence-electron chi connectivity index (χ4n) is 4.27. The minimum atomic E-state index is -1.09. The molecule has 140 valence electrons. The molecular weight excluding hydrogens is 354 g/mol. The molecule has 2 aromatic heterocycles. The lowest BCUT2D eigenvalue weighted by Gasteiger charge is -2.48. The maximum Gasteiger partial charge on any atom is 0.275 e. The number of aromatic nitrogens is 2. The van der Waals surface area contributed by atoms with Crippen molar-refractivity contribution in [2.24, 2.45) is 5.10 Å². The summed E-state index contributed by atoms with van der Waals surface area (Å²) in [5, 5.41) is 6.68. The highest BCUT2D eigenvalue weighted by atomic mass is 16.2. The van der Waals surface area contributed by atoms with Crippen molar-refractivity contribution in [2.45, 2.75) is 18.9 Å². The lowest BCUT2D eigenvalue weighted by atomic mass is 9.83. The van der Waals surface area contributed by atoms with Crippen molar-refractivity contribution >= 4 is 28.9 Å². The van der Waals surface area contributed by atoms with E-state index in [0.29, 0.717) is 6.54 Å². The number of amides is 2. The van der Waals surface area contributed by atoms with Crippen LogP contribution in [0.25, 0.3) is 10.9 Å². The van der Waals surface area contributed by atoms with Crippen LogP contribution in [0.4, 0.5) is 0 Å². The highest BCUT2D eigenvalue weighted by Gasteiger charge is 2.54. The number of nitrogens with zero attached hydrogens (tertiary/aromatic N) is 4. The molecule has 0 unspecified atom stereocenters. The van der Waals surface area contributed by atoms with Crippen molar-refractivity contribution in [3.05, 3.63) is 65.6 Å². The molecule has 2 aliphatic rings. The van der Waals surface area contributed by atoms with E-state index in [0.717, 1.165) is 34.1 Å². The summed E-state index contributed by atoms with van der Waals surface area (Å²) in [6.45, 7) is 2.28. The first-order chi connectivity index (χ1) is 13.6. The van der Waals surface area contributed by atoms with Gasteiger partial charge in [0.1, 0.15) is 6.54 Å². The average molecular weight is 373 g/mol. The van der Waals surface area contributed by atoms with Gasteiger partial charge in [-0.25, -0.2) is 5.01 Å². The van der Waals surface area contributed by atoms with Crippen LogP contribution in [-0.4, -0.2) is 51.0 Å². The van der Waals surface area contributed by atoms with Gasteiger partial charge in [-0.2, -0.15) is 5.10 Å². The molecule has 1 aromatic carbocycles. The molecule has 1 N–H and O–H groups in total. The molecule has 28 heavy (non-hydrogen) atoms. The smallest absolute Gasteiger partial charge is 0.275 e. The maximum absolute atomic E-state index is 13.5. The van der Waals surface area contributed by atoms with E-state index in [-0.39, 0.29) is 18.4 Å². The van der Waals surface area contributed by atoms with E-state index in [1.54, 1.807) is 29.6 Å². The van der Waals surface area contributed by atoms with E-state index in [1.165, 1.54) is 5.01 Å². The number of aromatic amines is 1. The second-order valence-electron chi connectivity index (χ2n) is 7.29. The molecule has 5 rings (SSSR count). The summed E-state index contributed by atoms with van der Waals surface area (Å²) < 4.78 is 0. The second-order valence-corrected chi connectivity index (χ2v) is 7.29. The van der Waals surface area contributed by atoms with E-state index in [4.69, 9.17) is 0 Å². The number of benzene rings is 1. The number of hydrogen-bond donors (Lipinski definition) is 1. The van der Waals surface area contributed by atoms with Gasteiger partial charge in [-0.1, -0.05) is 24.3 Å². The Morgan fingerprint density at radius 3 is 2.89 bits per heavy atom. The Hall–Kier alpha value is -3.48. The van der Waals surface area contributed by atoms with Crippen LogP contribution in [0, 0.1) is 0 Å². The number of fused-ring (bicyclic) bond motifs is 5. The summed E-state index contributed by atoms with van der Waals surface area (Å²) in [5.41, 5.74) is 2.55. The van der Waals surface area contributed by atoms with E-state index in [2.05, 4.69) is 21.1 Å². The third-order valence-corrected chi connectivity index (χ3v) is 5.69. The first-order valence-electron chi connectivity index (χ1n) is 9.25. The highest BCUT2D eigenvalue weighted by molar-refractivity contribution is 6.01. The summed E-state index contributed by atoms with van der Waals surface area (Å²) in [4.78, 5) is 35.5. The normalized spacial score (nSPS) is 22.0. The summed E-state index contributed by atoms with van der Waals surface area (Å²) in [5.74, 6) is -0.311. The van der Waals surface area contributed by atoms with Gasteiger partial charge in [-0.15, -0.1) is 0 Å². The van der Waals surface area contributed by atoms with Gasteiger partial charge >= 0.3 is 0 Å². The zero-order chi connectivity index (χ0) is 19.3. The minimum absolute atomic E-state index is 0.0548. The van der Waals surface area contributed by atoms with E-state index in [1.807, 2.05) is 31.2 Å². The zero-order valence-electron chi connectivity index (χ0n) is 15.4. The van der Waals surface area contributed by atoms with E-state index >= 15 is 0 Å². The van der Waals surface area contributed by atoms with Gasteiger partial charge in [0.15, 0.2) is 5.54 Å². The van der Waals surface area contributed by atoms with Crippen molar-refractivity contribution in [3.8, 4) is 0 Å². The Kier molecular flexibility index (Phi) is 3.58. The molecule has 2 amide bonds. The number of hydrogen-bond acceptors (Lipinski definition) is 4. The highest BCUT2D eigenvalue weighted by Crippen LogP contribution is 2.41. The number of piperazine rings is 1. The molecule has 1 atom stereocenters. The fourth-order valence-corrected chi connectivity index (χ4v) is 4.27. The average Bonchev–Trinajstić information content (AvgIpc) is 3.11. The van der Waals surface area contributed by atoms with Crippen LogP contribution in [0.2, 0.25) is 0 Å². The van der Waals surface area contributed by atoms with Crippen molar-refractivity contribution in [3.63, 3.8) is 0 Å². The van der Waals surface area contributed by atoms with Gasteiger partial charge < -0.3 is 9.88 Å². The second kappa shape index (κ2) is 6.02. The first kappa shape index (κ1) is 16.7. The Balaban J connectivity index is 1.59. The number of para-hydroxylation sites is 1. The van der Waals surface area contributed by atoms with E-state index in [9.17, 15) is 9.59 Å². The lowest BCUT2D eigenvalue weighted by molar-refractivity contribution is -0.165. The molecule has 0 spiro atoms. The van der Waals surface area contributed by atoms with Crippen LogP contribution in [0.1, 0.15) is 23.7 Å². The molecule has 0 aliphatic carbocycles. The standard InChI is InChI=1S/C21H19N5O2/c1-21-19-16(15-6-2-3-7-17(15)24-19)8-10-25(21)18(27)13-26(20(21)28)23-12-14-5-4-9-22-11-14/h2-7,9,11-12,24H,8,10,13H2,1H3/b23-12-/t21-/m0/s1. The molecule has 3 aromatic rings. The van der Waals surface area contributed by atoms with Gasteiger partial charge in [-0.05, 0) is 31.0 Å². The quantitative estimate of drug-likeness (QED) is 0.698. The van der Waals surface area contributed by atoms with Crippen LogP contribution in [0.5, 0.6) is 0 Å². The molecule has 2 aliphatic heterocycles. The van der Waals surface area contributed by atoms with Crippen LogP contribution in [0.15, 0.2) is 53.9 Å². The van der Waals surface area contributed by atoms with Crippen molar-refractivity contribution in [2.75, 3.05) is 13.1 Å². The van der Waals surface area contributed by atoms with Crippen LogP contribution in [0.3, 0.4) is 0 Å². The third-order valence-electron chi connectivity index (χ3n) is 5.69. The third kappa shape index (κ3) is 2.29. The number of pyridine rings is 1. The Morgan fingerprint density at radius 2 is 2.07 bits per heavy atom. The lowest BCUT2D eigenvalue weighted by Crippen LogP contribution is -2.65. The largest absolute Gasteiger partial charge is 0.356 e. The Bertz CT molecular complexity index is 1120. The van der Waals surface area contributed by atoms with Gasteiger partial charge in [0.2, 0.25) is 5.91 Å². The predicted octanol–water partition coefficient (Wildman–Crippen LogP) is 2.04. The molecule has 7 heteroatoms. The number of nitrogens with one attached hydrogen (secondary N) is 1. The molecule has 1 fully saturated rings. The van der Waals surface area contributed by atoms with Gasteiger partial charge in [0.25, 0.3) is 5.91 Å². The summed E-state index contributed by atoms with van der Waals surface area (Å²) in [6, 6.07) is 11.6. The zero-order valence-corrected chi connectivity index (χ0v) is 15.4. The number of H-pyrrole nitrogens is 1. The van der Waals surface area contributed by atoms with E-state index < -0.39 is 5.54 Å². The van der Waals surface area contributed by atoms with Crippen LogP contribution in [-0.2, 0) is 21.5 Å². The van der Waals surface area contributed by atoms with Crippen LogP contribution >= 0.6 is 0 Å². The first-order valence-corrected chi connectivity index (χ1v) is 9.25. The van der Waals surface area contributed by atoms with Crippen LogP contribution < -0.4 is 0 Å². The molecule has 1 saturated heterocycles. The van der Waals surface area contributed by atoms with Crippen molar-refractivity contribution in [1.29, 1.82) is 0 Å². The summed E-state index contributed by atoms with van der Waals surface area (Å²) in [7, 11) is 0. The molecule has 7 nitrogen and oxygen atoms in total. The van der Waals surface area contributed by atoms with Gasteiger partial charge in [-0.3, -0.25) is 14.6 Å². The summed E-state index contributed by atoms with van der Waals surface area (Å²) >= 11 is 0. The molecule has 0 bridgehead atoms. The monoisotopic (exact) mass is 373 g/mol. The minimum Gasteiger partial charge on any atom is -0.356 e. The fraction of sp³-hybridized carbons (Fsp3) is 0.238. The van der Waals surface area contributed by atoms with Crippen molar-refractivity contribution < 1.29 is 9.59 Å². The topological polar surface area (TPSA) is 81.7 Å². The molecule has 4 heterocycles. The van der Waals surface area contributed by atoms with Gasteiger partial charge in [0, 0.05) is 35.4 Å². The number of hydrazone groups is 1. The summed E-state index contributed by atoms with van der Waals surface area (Å²) in [6.07, 6.45) is 5.62. The molecule has 0 saturated carbocycles. The number of carbonyl (C=O) groups is 2. The predicted molar refractivity (Wildman–Crippen MR) is 105 cm³/mol. The van der Waals surface area contributed by atoms with Crippen molar-refractivity contribution in [1.82, 2.24) is 19.9 Å². The maximum atomic E-state index is 13.5. The molecule has 0 radical (unpaired) electrons. The number of rotatable bonds is 2. The molecular formula is C21H19N5O2. The SMILES string of the molecule is C[C@]12C(=O)N(/N=C\c3cccnc3)CC(=O)N1CCc1c2[nH]c2ccccc12. The Morgan fingerprint density at radius 1 is 1.21 bits per heavy atom. The van der Waals surface area contributed by atoms with Gasteiger partial charge in [0.05, 0.1) is 11.9 Å².